The lowest BCUT2D eigenvalue weighted by Crippen LogP contribution is -2.30. The minimum Gasteiger partial charge on any atom is -0.488 e. The van der Waals surface area contributed by atoms with Crippen molar-refractivity contribution in [2.75, 3.05) is 13.1 Å². The molecule has 0 saturated carbocycles. The van der Waals surface area contributed by atoms with Gasteiger partial charge in [0.25, 0.3) is 0 Å². The van der Waals surface area contributed by atoms with Crippen molar-refractivity contribution in [3.05, 3.63) is 29.8 Å². The Balaban J connectivity index is 1.45. The molecule has 1 aliphatic heterocycles. The maximum atomic E-state index is 5.92. The predicted molar refractivity (Wildman–Crippen MR) is 85.4 cm³/mol. The van der Waals surface area contributed by atoms with E-state index in [4.69, 9.17) is 4.74 Å². The van der Waals surface area contributed by atoms with Gasteiger partial charge in [-0.1, -0.05) is 63.6 Å². The van der Waals surface area contributed by atoms with Crippen LogP contribution in [0.3, 0.4) is 0 Å². The number of nitrogens with one attached hydrogen (secondary N) is 1. The summed E-state index contributed by atoms with van der Waals surface area (Å²) in [5.41, 5.74) is 1.36. The second kappa shape index (κ2) is 9.02. The van der Waals surface area contributed by atoms with Gasteiger partial charge in [-0.05, 0) is 24.6 Å². The van der Waals surface area contributed by atoms with E-state index in [9.17, 15) is 0 Å². The molecule has 1 aliphatic rings. The fraction of sp³-hybridized carbons (Fsp3) is 0.667. The van der Waals surface area contributed by atoms with E-state index in [2.05, 4.69) is 30.4 Å². The van der Waals surface area contributed by atoms with Gasteiger partial charge in [0, 0.05) is 13.0 Å². The molecule has 20 heavy (non-hydrogen) atoms. The lowest BCUT2D eigenvalue weighted by atomic mass is 10.1. The van der Waals surface area contributed by atoms with E-state index < -0.39 is 0 Å². The Kier molecular flexibility index (Phi) is 6.93. The minimum atomic E-state index is 0.331. The topological polar surface area (TPSA) is 21.3 Å². The van der Waals surface area contributed by atoms with E-state index in [-0.39, 0.29) is 0 Å². The molecule has 0 saturated heterocycles. The van der Waals surface area contributed by atoms with Crippen LogP contribution < -0.4 is 10.1 Å². The zero-order valence-electron chi connectivity index (χ0n) is 12.9. The number of para-hydroxylation sites is 1. The van der Waals surface area contributed by atoms with Gasteiger partial charge in [0.05, 0.1) is 0 Å². The zero-order chi connectivity index (χ0) is 14.0. The number of hydrogen-bond donors (Lipinski definition) is 1. The molecule has 0 aliphatic carbocycles. The van der Waals surface area contributed by atoms with E-state index in [1.165, 1.54) is 50.5 Å². The minimum absolute atomic E-state index is 0.331. The summed E-state index contributed by atoms with van der Waals surface area (Å²) in [6, 6.07) is 8.39. The molecule has 0 amide bonds. The monoisotopic (exact) mass is 275 g/mol. The van der Waals surface area contributed by atoms with Crippen molar-refractivity contribution in [2.24, 2.45) is 0 Å². The number of fused-ring (bicyclic) bond motifs is 1. The van der Waals surface area contributed by atoms with Crippen LogP contribution in [0.25, 0.3) is 0 Å². The third-order valence-electron chi connectivity index (χ3n) is 4.04. The van der Waals surface area contributed by atoms with Gasteiger partial charge in [0.15, 0.2) is 0 Å². The highest BCUT2D eigenvalue weighted by atomic mass is 16.5. The number of unbranched alkanes of at least 4 members (excludes halogenated alkanes) is 6. The van der Waals surface area contributed by atoms with Gasteiger partial charge in [-0.2, -0.15) is 0 Å². The van der Waals surface area contributed by atoms with Gasteiger partial charge in [-0.3, -0.25) is 0 Å². The lowest BCUT2D eigenvalue weighted by molar-refractivity contribution is 0.227. The van der Waals surface area contributed by atoms with Crippen molar-refractivity contribution in [3.8, 4) is 5.75 Å². The van der Waals surface area contributed by atoms with Crippen LogP contribution in [0.15, 0.2) is 24.3 Å². The average Bonchev–Trinajstić information content (AvgIpc) is 2.88. The number of benzene rings is 1. The van der Waals surface area contributed by atoms with Crippen molar-refractivity contribution in [3.63, 3.8) is 0 Å². The predicted octanol–water partition coefficient (Wildman–Crippen LogP) is 4.33. The Morgan fingerprint density at radius 1 is 1.05 bits per heavy atom. The Bertz CT molecular complexity index is 352. The summed E-state index contributed by atoms with van der Waals surface area (Å²) in [6.45, 7) is 4.38. The van der Waals surface area contributed by atoms with E-state index in [1.807, 2.05) is 6.07 Å². The summed E-state index contributed by atoms with van der Waals surface area (Å²) >= 11 is 0. The maximum absolute atomic E-state index is 5.92. The Labute approximate surface area is 123 Å². The molecular weight excluding hydrogens is 246 g/mol. The van der Waals surface area contributed by atoms with Crippen LogP contribution in [0.1, 0.15) is 57.4 Å². The normalized spacial score (nSPS) is 16.9. The van der Waals surface area contributed by atoms with Gasteiger partial charge in [0.1, 0.15) is 11.9 Å². The highest BCUT2D eigenvalue weighted by Crippen LogP contribution is 2.27. The Morgan fingerprint density at radius 3 is 2.60 bits per heavy atom. The zero-order valence-corrected chi connectivity index (χ0v) is 12.9. The first-order valence-corrected chi connectivity index (χ1v) is 8.35. The molecule has 0 radical (unpaired) electrons. The Morgan fingerprint density at radius 2 is 1.80 bits per heavy atom. The number of rotatable bonds is 10. The summed E-state index contributed by atoms with van der Waals surface area (Å²) in [7, 11) is 0. The summed E-state index contributed by atoms with van der Waals surface area (Å²) in [4.78, 5) is 0. The van der Waals surface area contributed by atoms with Crippen molar-refractivity contribution < 1.29 is 4.74 Å². The SMILES string of the molecule is CCCCCCCCCNCC1Cc2ccccc2O1. The number of ether oxygens (including phenoxy) is 1. The largest absolute Gasteiger partial charge is 0.488 e. The highest BCUT2D eigenvalue weighted by Gasteiger charge is 2.21. The van der Waals surface area contributed by atoms with E-state index >= 15 is 0 Å². The third-order valence-corrected chi connectivity index (χ3v) is 4.04. The fourth-order valence-electron chi connectivity index (χ4n) is 2.84. The second-order valence-corrected chi connectivity index (χ2v) is 5.88. The molecule has 0 bridgehead atoms. The fourth-order valence-corrected chi connectivity index (χ4v) is 2.84. The summed E-state index contributed by atoms with van der Waals surface area (Å²) < 4.78 is 5.92. The van der Waals surface area contributed by atoms with Gasteiger partial charge in [-0.25, -0.2) is 0 Å². The molecule has 1 unspecified atom stereocenters. The van der Waals surface area contributed by atoms with E-state index in [0.717, 1.165) is 25.3 Å². The first-order valence-electron chi connectivity index (χ1n) is 8.35. The van der Waals surface area contributed by atoms with Gasteiger partial charge in [0.2, 0.25) is 0 Å². The van der Waals surface area contributed by atoms with Gasteiger partial charge in [-0.15, -0.1) is 0 Å². The van der Waals surface area contributed by atoms with Crippen LogP contribution in [0, 0.1) is 0 Å². The van der Waals surface area contributed by atoms with Crippen LogP contribution in [-0.2, 0) is 6.42 Å². The quantitative estimate of drug-likeness (QED) is 0.642. The molecule has 112 valence electrons. The molecular formula is C18H29NO. The van der Waals surface area contributed by atoms with Gasteiger partial charge < -0.3 is 10.1 Å². The molecule has 1 aromatic rings. The molecule has 2 heteroatoms. The van der Waals surface area contributed by atoms with Crippen LogP contribution in [-0.4, -0.2) is 19.2 Å². The molecule has 1 N–H and O–H groups in total. The first-order chi connectivity index (χ1) is 9.90. The molecule has 1 aromatic carbocycles. The highest BCUT2D eigenvalue weighted by molar-refractivity contribution is 5.37. The average molecular weight is 275 g/mol. The molecule has 2 rings (SSSR count). The summed E-state index contributed by atoms with van der Waals surface area (Å²) in [6.07, 6.45) is 11.0. The van der Waals surface area contributed by atoms with Crippen LogP contribution in [0.2, 0.25) is 0 Å². The van der Waals surface area contributed by atoms with Crippen molar-refractivity contribution >= 4 is 0 Å². The Hall–Kier alpha value is -1.02. The molecule has 0 fully saturated rings. The number of hydrogen-bond acceptors (Lipinski definition) is 2. The molecule has 0 spiro atoms. The smallest absolute Gasteiger partial charge is 0.123 e. The standard InChI is InChI=1S/C18H29NO/c1-2-3-4-5-6-7-10-13-19-15-17-14-16-11-8-9-12-18(16)20-17/h8-9,11-12,17,19H,2-7,10,13-15H2,1H3. The van der Waals surface area contributed by atoms with Crippen molar-refractivity contribution in [2.45, 2.75) is 64.4 Å². The van der Waals surface area contributed by atoms with Crippen molar-refractivity contribution in [1.29, 1.82) is 0 Å². The van der Waals surface area contributed by atoms with E-state index in [0.29, 0.717) is 6.10 Å². The lowest BCUT2D eigenvalue weighted by Gasteiger charge is -2.11. The summed E-state index contributed by atoms with van der Waals surface area (Å²) in [5, 5.41) is 3.54. The third kappa shape index (κ3) is 5.16. The second-order valence-electron chi connectivity index (χ2n) is 5.88. The maximum Gasteiger partial charge on any atom is 0.123 e. The van der Waals surface area contributed by atoms with Crippen molar-refractivity contribution in [1.82, 2.24) is 5.32 Å². The molecule has 1 atom stereocenters. The van der Waals surface area contributed by atoms with Gasteiger partial charge >= 0.3 is 0 Å². The molecule has 2 nitrogen and oxygen atoms in total. The molecule has 1 heterocycles. The molecule has 0 aromatic heterocycles. The van der Waals surface area contributed by atoms with Crippen LogP contribution >= 0.6 is 0 Å². The van der Waals surface area contributed by atoms with Crippen LogP contribution in [0.5, 0.6) is 5.75 Å². The first kappa shape index (κ1) is 15.4. The van der Waals surface area contributed by atoms with Crippen LogP contribution in [0.4, 0.5) is 0 Å². The van der Waals surface area contributed by atoms with E-state index in [1.54, 1.807) is 0 Å². The summed E-state index contributed by atoms with van der Waals surface area (Å²) in [5.74, 6) is 1.08.